The van der Waals surface area contributed by atoms with Crippen molar-refractivity contribution in [3.63, 3.8) is 0 Å². The van der Waals surface area contributed by atoms with E-state index in [2.05, 4.69) is 4.52 Å². The molecule has 2 unspecified atom stereocenters. The van der Waals surface area contributed by atoms with Crippen molar-refractivity contribution in [2.45, 2.75) is 58.2 Å². The maximum atomic E-state index is 11.9. The molecule has 0 saturated heterocycles. The Balaban J connectivity index is 4.17. The number of unbranched alkanes of at least 4 members (excludes halogenated alkanes) is 2. The van der Waals surface area contributed by atoms with Crippen molar-refractivity contribution in [3.8, 4) is 0 Å². The van der Waals surface area contributed by atoms with Gasteiger partial charge < -0.3 is 0 Å². The first kappa shape index (κ1) is 18.6. The second-order valence-electron chi connectivity index (χ2n) is 4.12. The summed E-state index contributed by atoms with van der Waals surface area (Å²) in [4.78, 5) is 0. The molecule has 0 saturated carbocycles. The number of hydrogen-bond donors (Lipinski definition) is 0. The number of hydrogen-bond acceptors (Lipinski definition) is 3. The number of rotatable bonds is 10. The van der Waals surface area contributed by atoms with Crippen molar-refractivity contribution in [1.82, 2.24) is 0 Å². The van der Waals surface area contributed by atoms with Gasteiger partial charge in [0.1, 0.15) is 6.10 Å². The molecule has 0 aliphatic rings. The first-order valence-electron chi connectivity index (χ1n) is 6.39. The molecule has 0 heterocycles. The molecule has 0 aromatic rings. The van der Waals surface area contributed by atoms with Crippen LogP contribution in [0.5, 0.6) is 0 Å². The number of alkyl halides is 3. The summed E-state index contributed by atoms with van der Waals surface area (Å²) >= 11 is 0. The van der Waals surface area contributed by atoms with Crippen LogP contribution in [0.3, 0.4) is 0 Å². The number of halogens is 3. The quantitative estimate of drug-likeness (QED) is 0.413. The van der Waals surface area contributed by atoms with Gasteiger partial charge in [0.05, 0.1) is 0 Å². The zero-order valence-corrected chi connectivity index (χ0v) is 12.2. The molecular weight excluding hydrogens is 280 g/mol. The van der Waals surface area contributed by atoms with Crippen molar-refractivity contribution in [2.24, 2.45) is 0 Å². The van der Waals surface area contributed by atoms with E-state index in [0.717, 1.165) is 25.7 Å². The molecule has 0 radical (unpaired) electrons. The molecule has 0 spiro atoms. The minimum Gasteiger partial charge on any atom is -0.168 e. The molecule has 0 N–H and O–H groups in total. The molecule has 0 rings (SSSR count). The Hall–Kier alpha value is -0.450. The summed E-state index contributed by atoms with van der Waals surface area (Å²) in [6.07, 6.45) is 2.89. The summed E-state index contributed by atoms with van der Waals surface area (Å²) in [5.41, 5.74) is 0. The third kappa shape index (κ3) is 12.3. The maximum Gasteiger partial charge on any atom is 0.698 e. The summed E-state index contributed by atoms with van der Waals surface area (Å²) in [6, 6.07) is 0. The van der Waals surface area contributed by atoms with Crippen LogP contribution in [0.4, 0.5) is 13.2 Å². The van der Waals surface area contributed by atoms with Gasteiger partial charge in [-0.2, -0.15) is 13.2 Å². The van der Waals surface area contributed by atoms with E-state index in [1.165, 1.54) is 0 Å². The fourth-order valence-corrected chi connectivity index (χ4v) is 1.98. The van der Waals surface area contributed by atoms with E-state index in [1.807, 2.05) is 19.9 Å². The first-order chi connectivity index (χ1) is 8.89. The van der Waals surface area contributed by atoms with Crippen LogP contribution >= 0.6 is 8.25 Å². The summed E-state index contributed by atoms with van der Waals surface area (Å²) in [5, 5.41) is 0. The maximum absolute atomic E-state index is 11.9. The monoisotopic (exact) mass is 301 g/mol. The zero-order chi connectivity index (χ0) is 14.7. The average Bonchev–Trinajstić information content (AvgIpc) is 2.32. The smallest absolute Gasteiger partial charge is 0.168 e. The Bertz CT molecular complexity index is 280. The van der Waals surface area contributed by atoms with E-state index in [9.17, 15) is 17.7 Å². The lowest BCUT2D eigenvalue weighted by Gasteiger charge is -2.05. The van der Waals surface area contributed by atoms with Crippen LogP contribution in [-0.2, 0) is 13.6 Å². The molecule has 0 aromatic carbocycles. The van der Waals surface area contributed by atoms with Gasteiger partial charge in [0.25, 0.3) is 0 Å². The lowest BCUT2D eigenvalue weighted by atomic mass is 10.1. The van der Waals surface area contributed by atoms with Crippen LogP contribution in [0.2, 0.25) is 0 Å². The Morgan fingerprint density at radius 3 is 2.47 bits per heavy atom. The predicted molar refractivity (Wildman–Crippen MR) is 68.1 cm³/mol. The van der Waals surface area contributed by atoms with Crippen LogP contribution in [0.1, 0.15) is 46.0 Å². The largest absolute Gasteiger partial charge is 0.698 e. The van der Waals surface area contributed by atoms with E-state index >= 15 is 0 Å². The molecule has 19 heavy (non-hydrogen) atoms. The van der Waals surface area contributed by atoms with Crippen molar-refractivity contribution in [1.29, 1.82) is 0 Å². The summed E-state index contributed by atoms with van der Waals surface area (Å²) < 4.78 is 56.1. The topological polar surface area (TPSA) is 35.5 Å². The lowest BCUT2D eigenvalue weighted by Crippen LogP contribution is -2.15. The fraction of sp³-hybridized carbons (Fsp3) is 0.833. The Labute approximate surface area is 113 Å². The highest BCUT2D eigenvalue weighted by molar-refractivity contribution is 7.33. The Morgan fingerprint density at radius 1 is 1.26 bits per heavy atom. The van der Waals surface area contributed by atoms with E-state index in [1.54, 1.807) is 6.08 Å². The van der Waals surface area contributed by atoms with E-state index in [4.69, 9.17) is 4.52 Å². The molecule has 0 aliphatic heterocycles. The Morgan fingerprint density at radius 2 is 1.95 bits per heavy atom. The van der Waals surface area contributed by atoms with Gasteiger partial charge in [0.2, 0.25) is 6.61 Å². The summed E-state index contributed by atoms with van der Waals surface area (Å²) in [6.45, 7) is 2.45. The Kier molecular flexibility index (Phi) is 10.1. The molecule has 0 aliphatic carbocycles. The van der Waals surface area contributed by atoms with E-state index < -0.39 is 27.1 Å². The molecule has 0 aromatic heterocycles. The molecule has 2 atom stereocenters. The van der Waals surface area contributed by atoms with Gasteiger partial charge in [-0.25, -0.2) is 0 Å². The van der Waals surface area contributed by atoms with Gasteiger partial charge in [0.15, 0.2) is 0 Å². The highest BCUT2D eigenvalue weighted by Crippen LogP contribution is 2.31. The average molecular weight is 301 g/mol. The van der Waals surface area contributed by atoms with Crippen molar-refractivity contribution in [3.05, 3.63) is 12.2 Å². The van der Waals surface area contributed by atoms with E-state index in [-0.39, 0.29) is 0 Å². The van der Waals surface area contributed by atoms with Gasteiger partial charge >= 0.3 is 14.4 Å². The van der Waals surface area contributed by atoms with Crippen LogP contribution in [0.15, 0.2) is 12.2 Å². The van der Waals surface area contributed by atoms with Gasteiger partial charge in [-0.3, -0.25) is 0 Å². The third-order valence-electron chi connectivity index (χ3n) is 2.20. The number of allylic oxidation sites excluding steroid dienone is 1. The van der Waals surface area contributed by atoms with Gasteiger partial charge in [-0.05, 0) is 12.8 Å². The standard InChI is InChI=1S/C12H21F3O3P/c1-3-5-7-9-11(8-6-4-2)18-19(16)17-10-12(13,14)15/h7,9,11H,3-6,8,10H2,1-2H3/q+1/b9-7+. The summed E-state index contributed by atoms with van der Waals surface area (Å²) in [5.74, 6) is 0. The molecular formula is C12H21F3O3P+. The van der Waals surface area contributed by atoms with Crippen LogP contribution < -0.4 is 0 Å². The van der Waals surface area contributed by atoms with Crippen molar-refractivity contribution < 1.29 is 26.8 Å². The second kappa shape index (κ2) is 10.4. The molecule has 7 heteroatoms. The highest BCUT2D eigenvalue weighted by Gasteiger charge is 2.36. The van der Waals surface area contributed by atoms with Crippen molar-refractivity contribution in [2.75, 3.05) is 6.61 Å². The summed E-state index contributed by atoms with van der Waals surface area (Å²) in [7, 11) is -2.74. The van der Waals surface area contributed by atoms with Crippen LogP contribution in [-0.4, -0.2) is 18.9 Å². The molecule has 0 amide bonds. The SMILES string of the molecule is CCC/C=C/C(CCCC)O[P+](=O)OCC(F)(F)F. The van der Waals surface area contributed by atoms with Crippen LogP contribution in [0, 0.1) is 0 Å². The third-order valence-corrected chi connectivity index (χ3v) is 2.99. The molecule has 0 fully saturated rings. The normalized spacial score (nSPS) is 14.9. The predicted octanol–water partition coefficient (Wildman–Crippen LogP) is 5.15. The molecule has 0 bridgehead atoms. The van der Waals surface area contributed by atoms with Gasteiger partial charge in [0, 0.05) is 4.57 Å². The molecule has 3 nitrogen and oxygen atoms in total. The fourth-order valence-electron chi connectivity index (χ4n) is 1.27. The minimum atomic E-state index is -4.49. The van der Waals surface area contributed by atoms with Crippen LogP contribution in [0.25, 0.3) is 0 Å². The van der Waals surface area contributed by atoms with Crippen molar-refractivity contribution >= 4 is 8.25 Å². The minimum absolute atomic E-state index is 0.455. The van der Waals surface area contributed by atoms with E-state index in [0.29, 0.717) is 6.42 Å². The van der Waals surface area contributed by atoms with Gasteiger partial charge in [-0.1, -0.05) is 45.3 Å². The first-order valence-corrected chi connectivity index (χ1v) is 7.49. The molecule has 112 valence electrons. The lowest BCUT2D eigenvalue weighted by molar-refractivity contribution is -0.154. The second-order valence-corrected chi connectivity index (χ2v) is 5.03. The van der Waals surface area contributed by atoms with Gasteiger partial charge in [-0.15, -0.1) is 9.05 Å². The zero-order valence-electron chi connectivity index (χ0n) is 11.3. The highest BCUT2D eigenvalue weighted by atomic mass is 31.1.